The van der Waals surface area contributed by atoms with E-state index in [2.05, 4.69) is 0 Å². The maximum absolute atomic E-state index is 13.0. The lowest BCUT2D eigenvalue weighted by Gasteiger charge is -2.41. The van der Waals surface area contributed by atoms with E-state index in [1.807, 2.05) is 19.1 Å². The van der Waals surface area contributed by atoms with Gasteiger partial charge in [0.1, 0.15) is 5.60 Å². The van der Waals surface area contributed by atoms with E-state index in [1.165, 1.54) is 21.3 Å². The number of carbonyl (C=O) groups excluding carboxylic acids is 1. The minimum atomic E-state index is -1.52. The summed E-state index contributed by atoms with van der Waals surface area (Å²) in [6.07, 6.45) is 4.37. The largest absolute Gasteiger partial charge is 0.496 e. The second-order valence-electron chi connectivity index (χ2n) is 9.33. The summed E-state index contributed by atoms with van der Waals surface area (Å²) >= 11 is 0. The first-order valence-electron chi connectivity index (χ1n) is 12.0. The fourth-order valence-corrected chi connectivity index (χ4v) is 4.98. The highest BCUT2D eigenvalue weighted by molar-refractivity contribution is 5.88. The van der Waals surface area contributed by atoms with Gasteiger partial charge in [-0.1, -0.05) is 19.1 Å². The number of benzene rings is 1. The maximum atomic E-state index is 13.0. The van der Waals surface area contributed by atoms with Crippen molar-refractivity contribution < 1.29 is 43.1 Å². The van der Waals surface area contributed by atoms with Crippen molar-refractivity contribution in [1.29, 1.82) is 0 Å². The summed E-state index contributed by atoms with van der Waals surface area (Å²) in [7, 11) is 6.10. The van der Waals surface area contributed by atoms with Crippen LogP contribution in [0.25, 0.3) is 0 Å². The highest BCUT2D eigenvalue weighted by atomic mass is 16.7. The second-order valence-corrected chi connectivity index (χ2v) is 9.33. The molecule has 0 bridgehead atoms. The molecule has 0 amide bonds. The number of ether oxygens (including phenoxy) is 7. The highest BCUT2D eigenvalue weighted by Crippen LogP contribution is 2.56. The third kappa shape index (κ3) is 4.21. The van der Waals surface area contributed by atoms with Gasteiger partial charge in [0.05, 0.1) is 34.4 Å². The molecule has 4 atom stereocenters. The van der Waals surface area contributed by atoms with Gasteiger partial charge in [-0.3, -0.25) is 0 Å². The van der Waals surface area contributed by atoms with E-state index in [4.69, 9.17) is 33.2 Å². The number of fused-ring (bicyclic) bond motifs is 4. The lowest BCUT2D eigenvalue weighted by molar-refractivity contribution is -0.164. The molecule has 0 unspecified atom stereocenters. The molecule has 9 nitrogen and oxygen atoms in total. The first-order valence-corrected chi connectivity index (χ1v) is 12.0. The Bertz CT molecular complexity index is 1220. The van der Waals surface area contributed by atoms with Crippen LogP contribution in [0.1, 0.15) is 50.8 Å². The van der Waals surface area contributed by atoms with E-state index in [9.17, 15) is 9.90 Å². The molecule has 0 saturated carbocycles. The maximum Gasteiger partial charge on any atom is 0.334 e. The number of rotatable bonds is 6. The normalized spacial score (nSPS) is 28.0. The SMILES string of the molecule is C/C=C(/C)C(=O)O[C@H]1c2cc(OC)c(OC)c(OC)c2[C@H]2C(OC)=C3OCOC3=C/C2=C\[C@H](C)[C@]1(C)O. The van der Waals surface area contributed by atoms with Crippen molar-refractivity contribution in [2.75, 3.05) is 35.2 Å². The lowest BCUT2D eigenvalue weighted by atomic mass is 9.71. The molecule has 1 N–H and O–H groups in total. The van der Waals surface area contributed by atoms with Crippen LogP contribution in [-0.2, 0) is 23.7 Å². The molecule has 1 fully saturated rings. The van der Waals surface area contributed by atoms with Gasteiger partial charge in [-0.05, 0) is 38.5 Å². The third-order valence-electron chi connectivity index (χ3n) is 7.33. The molecule has 37 heavy (non-hydrogen) atoms. The number of allylic oxidation sites excluding steroid dienone is 3. The zero-order valence-electron chi connectivity index (χ0n) is 22.5. The van der Waals surface area contributed by atoms with E-state index in [-0.39, 0.29) is 6.79 Å². The van der Waals surface area contributed by atoms with E-state index in [0.717, 1.165) is 5.57 Å². The van der Waals surface area contributed by atoms with Crippen molar-refractivity contribution in [2.24, 2.45) is 5.92 Å². The summed E-state index contributed by atoms with van der Waals surface area (Å²) in [5.41, 5.74) is 0.769. The average molecular weight is 515 g/mol. The molecular formula is C28H34O9. The summed E-state index contributed by atoms with van der Waals surface area (Å²) < 4.78 is 40.6. The van der Waals surface area contributed by atoms with Crippen molar-refractivity contribution in [3.05, 3.63) is 63.8 Å². The number of methoxy groups -OCH3 is 4. The second kappa shape index (κ2) is 10.0. The minimum Gasteiger partial charge on any atom is -0.496 e. The molecule has 0 spiro atoms. The first-order chi connectivity index (χ1) is 17.6. The molecule has 1 saturated heterocycles. The molecule has 9 heteroatoms. The van der Waals surface area contributed by atoms with Crippen LogP contribution in [0.15, 0.2) is 52.7 Å². The fraction of sp³-hybridized carbons (Fsp3) is 0.464. The van der Waals surface area contributed by atoms with Crippen LogP contribution in [0, 0.1) is 5.92 Å². The van der Waals surface area contributed by atoms with E-state index in [0.29, 0.717) is 51.2 Å². The quantitative estimate of drug-likeness (QED) is 0.436. The Labute approximate surface area is 216 Å². The van der Waals surface area contributed by atoms with Crippen molar-refractivity contribution in [3.63, 3.8) is 0 Å². The number of hydrogen-bond donors (Lipinski definition) is 1. The van der Waals surface area contributed by atoms with Gasteiger partial charge >= 0.3 is 5.97 Å². The molecule has 0 radical (unpaired) electrons. The Morgan fingerprint density at radius 2 is 1.81 bits per heavy atom. The molecule has 2 aliphatic carbocycles. The molecule has 3 aliphatic rings. The van der Waals surface area contributed by atoms with Gasteiger partial charge in [-0.2, -0.15) is 0 Å². The number of aliphatic hydroxyl groups is 1. The fourth-order valence-electron chi connectivity index (χ4n) is 4.98. The summed E-state index contributed by atoms with van der Waals surface area (Å²) in [5, 5.41) is 11.9. The van der Waals surface area contributed by atoms with Gasteiger partial charge in [0, 0.05) is 22.6 Å². The van der Waals surface area contributed by atoms with Crippen molar-refractivity contribution in [3.8, 4) is 17.2 Å². The van der Waals surface area contributed by atoms with E-state index < -0.39 is 29.5 Å². The van der Waals surface area contributed by atoms with Crippen LogP contribution in [0.3, 0.4) is 0 Å². The van der Waals surface area contributed by atoms with Crippen molar-refractivity contribution in [1.82, 2.24) is 0 Å². The van der Waals surface area contributed by atoms with E-state index >= 15 is 0 Å². The van der Waals surface area contributed by atoms with Crippen LogP contribution in [0.4, 0.5) is 0 Å². The monoisotopic (exact) mass is 514 g/mol. The molecule has 1 aromatic rings. The Hall–Kier alpha value is -3.59. The molecule has 200 valence electrons. The summed E-state index contributed by atoms with van der Waals surface area (Å²) in [6, 6.07) is 1.72. The minimum absolute atomic E-state index is 0.0556. The van der Waals surface area contributed by atoms with Crippen molar-refractivity contribution >= 4 is 5.97 Å². The zero-order chi connectivity index (χ0) is 27.1. The van der Waals surface area contributed by atoms with Gasteiger partial charge in [0.15, 0.2) is 29.1 Å². The molecule has 4 rings (SSSR count). The van der Waals surface area contributed by atoms with Gasteiger partial charge < -0.3 is 38.3 Å². The Kier molecular flexibility index (Phi) is 7.19. The number of hydrogen-bond acceptors (Lipinski definition) is 9. The Morgan fingerprint density at radius 1 is 1.11 bits per heavy atom. The molecular weight excluding hydrogens is 480 g/mol. The summed E-state index contributed by atoms with van der Waals surface area (Å²) in [4.78, 5) is 13.0. The smallest absolute Gasteiger partial charge is 0.334 e. The van der Waals surface area contributed by atoms with Gasteiger partial charge in [0.2, 0.25) is 18.3 Å². The predicted octanol–water partition coefficient (Wildman–Crippen LogP) is 4.43. The Morgan fingerprint density at radius 3 is 2.41 bits per heavy atom. The van der Waals surface area contributed by atoms with Crippen LogP contribution in [-0.4, -0.2) is 51.9 Å². The summed E-state index contributed by atoms with van der Waals surface area (Å²) in [5.74, 6) is 1.03. The average Bonchev–Trinajstić information content (AvgIpc) is 3.36. The lowest BCUT2D eigenvalue weighted by Crippen LogP contribution is -2.43. The van der Waals surface area contributed by atoms with Crippen LogP contribution in [0.5, 0.6) is 17.2 Å². The van der Waals surface area contributed by atoms with Gasteiger partial charge in [-0.15, -0.1) is 0 Å². The topological polar surface area (TPSA) is 102 Å². The van der Waals surface area contributed by atoms with Gasteiger partial charge in [0.25, 0.3) is 0 Å². The molecule has 1 heterocycles. The Balaban J connectivity index is 2.12. The number of esters is 1. The summed E-state index contributed by atoms with van der Waals surface area (Å²) in [6.45, 7) is 6.99. The standard InChI is InChI=1S/C28H34O9/c1-9-14(2)27(29)37-26-17-12-18(31-5)22(32-6)25(34-8)21(17)20-16(10-15(3)28(26,4)30)11-19-23(24(20)33-7)36-13-35-19/h9-12,15,20,26,30H,13H2,1-8H3/b14-9-,16-10+/t15-,20-,26-,28-/m0/s1. The highest BCUT2D eigenvalue weighted by Gasteiger charge is 2.49. The number of carbonyl (C=O) groups is 1. The predicted molar refractivity (Wildman–Crippen MR) is 134 cm³/mol. The van der Waals surface area contributed by atoms with Crippen molar-refractivity contribution in [2.45, 2.75) is 45.3 Å². The third-order valence-corrected chi connectivity index (χ3v) is 7.33. The first kappa shape index (κ1) is 26.5. The van der Waals surface area contributed by atoms with Crippen LogP contribution >= 0.6 is 0 Å². The molecule has 1 aliphatic heterocycles. The van der Waals surface area contributed by atoms with Gasteiger partial charge in [-0.25, -0.2) is 4.79 Å². The van der Waals surface area contributed by atoms with Crippen LogP contribution in [0.2, 0.25) is 0 Å². The van der Waals surface area contributed by atoms with E-state index in [1.54, 1.807) is 40.0 Å². The van der Waals surface area contributed by atoms with Crippen LogP contribution < -0.4 is 14.2 Å². The molecule has 1 aromatic carbocycles. The zero-order valence-corrected chi connectivity index (χ0v) is 22.5. The molecule has 0 aromatic heterocycles.